The molecule has 3 amide bonds. The first-order chi connectivity index (χ1) is 18.1. The molecule has 0 spiro atoms. The van der Waals surface area contributed by atoms with Crippen LogP contribution in [0, 0.1) is 13.8 Å². The number of carbonyl (C=O) groups is 2. The minimum Gasteiger partial charge on any atom is -0.327 e. The molecule has 0 aliphatic rings. The molecule has 2 aromatic rings. The van der Waals surface area contributed by atoms with E-state index in [9.17, 15) is 53.5 Å². The van der Waals surface area contributed by atoms with Gasteiger partial charge in [0.1, 0.15) is 18.3 Å². The van der Waals surface area contributed by atoms with Gasteiger partial charge in [-0.3, -0.25) is 10.2 Å². The van der Waals surface area contributed by atoms with Crippen LogP contribution < -0.4 is 10.7 Å². The van der Waals surface area contributed by atoms with E-state index in [0.717, 1.165) is 19.2 Å². The van der Waals surface area contributed by atoms with Gasteiger partial charge in [0, 0.05) is 17.6 Å². The van der Waals surface area contributed by atoms with Crippen molar-refractivity contribution in [3.8, 4) is 0 Å². The van der Waals surface area contributed by atoms with Gasteiger partial charge in [-0.2, -0.15) is 39.5 Å². The van der Waals surface area contributed by atoms with Gasteiger partial charge >= 0.3 is 24.6 Å². The second-order valence-corrected chi connectivity index (χ2v) is 8.91. The van der Waals surface area contributed by atoms with Crippen molar-refractivity contribution in [2.75, 3.05) is 13.6 Å². The molecule has 220 valence electrons. The fourth-order valence-corrected chi connectivity index (χ4v) is 3.57. The average Bonchev–Trinajstić information content (AvgIpc) is 2.81. The maximum Gasteiger partial charge on any atom is 0.417 e. The van der Waals surface area contributed by atoms with E-state index in [1.807, 2.05) is 0 Å². The fourth-order valence-electron chi connectivity index (χ4n) is 3.46. The lowest BCUT2D eigenvalue weighted by atomic mass is 9.93. The molecule has 0 aliphatic heterocycles. The van der Waals surface area contributed by atoms with Gasteiger partial charge in [-0.1, -0.05) is 29.8 Å². The van der Waals surface area contributed by atoms with Gasteiger partial charge in [-0.25, -0.2) is 14.2 Å². The number of benzene rings is 2. The van der Waals surface area contributed by atoms with Gasteiger partial charge in [0.15, 0.2) is 0 Å². The Labute approximate surface area is 225 Å². The van der Waals surface area contributed by atoms with Crippen LogP contribution in [-0.2, 0) is 6.18 Å². The zero-order valence-electron chi connectivity index (χ0n) is 20.7. The number of hydrogen-bond donors (Lipinski definition) is 2. The Morgan fingerprint density at radius 1 is 0.975 bits per heavy atom. The lowest BCUT2D eigenvalue weighted by molar-refractivity contribution is -0.140. The minimum atomic E-state index is -5.33. The molecule has 0 bridgehead atoms. The van der Waals surface area contributed by atoms with Gasteiger partial charge in [-0.15, -0.1) is 0 Å². The van der Waals surface area contributed by atoms with Crippen molar-refractivity contribution in [2.24, 2.45) is 0 Å². The Bertz CT molecular complexity index is 1280. The number of nitrogens with one attached hydrogen (secondary N) is 2. The molecule has 5 nitrogen and oxygen atoms in total. The number of allylic oxidation sites excluding steroid dienone is 1. The molecule has 2 N–H and O–H groups in total. The Kier molecular flexibility index (Phi) is 9.77. The van der Waals surface area contributed by atoms with E-state index in [-0.39, 0.29) is 33.3 Å². The third kappa shape index (κ3) is 8.50. The van der Waals surface area contributed by atoms with Crippen LogP contribution in [-0.4, -0.2) is 42.9 Å². The molecule has 1 unspecified atom stereocenters. The summed E-state index contributed by atoms with van der Waals surface area (Å²) in [6, 6.07) is 1.75. The topological polar surface area (TPSA) is 61.4 Å². The summed E-state index contributed by atoms with van der Waals surface area (Å²) in [5.41, 5.74) is -2.19. The first kappa shape index (κ1) is 32.7. The van der Waals surface area contributed by atoms with Crippen molar-refractivity contribution in [1.82, 2.24) is 15.8 Å². The van der Waals surface area contributed by atoms with Crippen LogP contribution in [0.3, 0.4) is 0 Å². The summed E-state index contributed by atoms with van der Waals surface area (Å²) in [4.78, 5) is 24.0. The van der Waals surface area contributed by atoms with Crippen LogP contribution in [0.4, 0.5) is 48.7 Å². The van der Waals surface area contributed by atoms with Crippen molar-refractivity contribution in [3.05, 3.63) is 74.8 Å². The molecule has 0 radical (unpaired) electrons. The molecule has 16 heteroatoms. The minimum absolute atomic E-state index is 0.0795. The molecule has 0 saturated carbocycles. The van der Waals surface area contributed by atoms with Crippen LogP contribution in [0.5, 0.6) is 0 Å². The van der Waals surface area contributed by atoms with Crippen LogP contribution >= 0.6 is 11.6 Å². The van der Waals surface area contributed by atoms with Crippen molar-refractivity contribution in [2.45, 2.75) is 38.3 Å². The van der Waals surface area contributed by atoms with E-state index in [1.165, 1.54) is 19.2 Å². The maximum absolute atomic E-state index is 15.0. The lowest BCUT2D eigenvalue weighted by Gasteiger charge is -2.21. The summed E-state index contributed by atoms with van der Waals surface area (Å²) in [7, 11) is 0.741. The quantitative estimate of drug-likeness (QED) is 0.274. The number of hydrazine groups is 1. The third-order valence-electron chi connectivity index (χ3n) is 5.34. The summed E-state index contributed by atoms with van der Waals surface area (Å²) >= 11 is 5.97. The largest absolute Gasteiger partial charge is 0.417 e. The second-order valence-electron chi connectivity index (χ2n) is 8.53. The highest BCUT2D eigenvalue weighted by Gasteiger charge is 2.41. The van der Waals surface area contributed by atoms with Gasteiger partial charge in [0.25, 0.3) is 5.91 Å². The summed E-state index contributed by atoms with van der Waals surface area (Å²) in [6.07, 6.45) is -15.1. The molecule has 1 atom stereocenters. The second kappa shape index (κ2) is 11.9. The highest BCUT2D eigenvalue weighted by molar-refractivity contribution is 6.32. The smallest absolute Gasteiger partial charge is 0.327 e. The molecule has 2 rings (SSSR count). The van der Waals surface area contributed by atoms with E-state index in [0.29, 0.717) is 12.1 Å². The summed E-state index contributed by atoms with van der Waals surface area (Å²) in [5.74, 6) is -5.87. The number of alkyl halides is 9. The van der Waals surface area contributed by atoms with E-state index >= 15 is 0 Å². The predicted octanol–water partition coefficient (Wildman–Crippen LogP) is 7.48. The van der Waals surface area contributed by atoms with Crippen LogP contribution in [0.15, 0.2) is 36.4 Å². The number of aryl methyl sites for hydroxylation is 2. The lowest BCUT2D eigenvalue weighted by Crippen LogP contribution is -2.50. The SMILES string of the molecule is Cc1cc(C(C=C(F)c2ccc(C(=O)NN(C)C(=O)NCC(F)(F)F)c(C(F)(F)F)c2)C(F)(F)F)cc(C)c1Cl. The number of nitrogens with zero attached hydrogens (tertiary/aromatic N) is 1. The molecule has 0 fully saturated rings. The molecule has 0 heterocycles. The Hall–Kier alpha value is -3.49. The zero-order valence-corrected chi connectivity index (χ0v) is 21.4. The summed E-state index contributed by atoms with van der Waals surface area (Å²) in [5, 5.41) is 1.70. The van der Waals surface area contributed by atoms with Crippen molar-refractivity contribution < 1.29 is 53.5 Å². The predicted molar refractivity (Wildman–Crippen MR) is 125 cm³/mol. The normalized spacial score (nSPS) is 13.6. The highest BCUT2D eigenvalue weighted by atomic mass is 35.5. The number of hydrogen-bond acceptors (Lipinski definition) is 2. The fraction of sp³-hybridized carbons (Fsp3) is 0.333. The van der Waals surface area contributed by atoms with E-state index in [4.69, 9.17) is 11.6 Å². The number of rotatable bonds is 5. The molecular weight excluding hydrogens is 588 g/mol. The Morgan fingerprint density at radius 2 is 1.52 bits per heavy atom. The van der Waals surface area contributed by atoms with Crippen molar-refractivity contribution in [3.63, 3.8) is 0 Å². The zero-order chi connectivity index (χ0) is 30.8. The van der Waals surface area contributed by atoms with E-state index < -0.39 is 71.0 Å². The van der Waals surface area contributed by atoms with Crippen molar-refractivity contribution >= 4 is 29.4 Å². The standard InChI is InChI=1S/C24H20ClF10N3O2/c1-11-6-14(7-12(2)19(11)25)16(23(30,31)32)9-18(26)13-4-5-15(17(8-13)24(33,34)35)20(39)37-38(3)21(40)36-10-22(27,28)29/h4-9,16H,10H2,1-3H3,(H,36,40)(H,37,39). The molecule has 0 aliphatic carbocycles. The third-order valence-corrected chi connectivity index (χ3v) is 5.94. The van der Waals surface area contributed by atoms with Crippen LogP contribution in [0.2, 0.25) is 5.02 Å². The average molecular weight is 608 g/mol. The van der Waals surface area contributed by atoms with Gasteiger partial charge < -0.3 is 5.32 Å². The number of halogens is 11. The van der Waals surface area contributed by atoms with Crippen molar-refractivity contribution in [1.29, 1.82) is 0 Å². The van der Waals surface area contributed by atoms with Gasteiger partial charge in [0.05, 0.1) is 11.1 Å². The van der Waals surface area contributed by atoms with E-state index in [1.54, 1.807) is 5.43 Å². The van der Waals surface area contributed by atoms with Crippen LogP contribution in [0.25, 0.3) is 5.83 Å². The molecule has 0 aromatic heterocycles. The van der Waals surface area contributed by atoms with Gasteiger partial charge in [0.2, 0.25) is 0 Å². The Morgan fingerprint density at radius 3 is 2.00 bits per heavy atom. The summed E-state index contributed by atoms with van der Waals surface area (Å²) < 4.78 is 134. The number of amides is 3. The molecule has 40 heavy (non-hydrogen) atoms. The molecular formula is C24H20ClF10N3O2. The first-order valence-electron chi connectivity index (χ1n) is 10.9. The van der Waals surface area contributed by atoms with Crippen LogP contribution in [0.1, 0.15) is 44.1 Å². The maximum atomic E-state index is 15.0. The highest BCUT2D eigenvalue weighted by Crippen LogP contribution is 2.41. The number of carbonyl (C=O) groups excluding carboxylic acids is 2. The monoisotopic (exact) mass is 607 g/mol. The Balaban J connectivity index is 2.45. The van der Waals surface area contributed by atoms with E-state index in [2.05, 4.69) is 0 Å². The first-order valence-corrected chi connectivity index (χ1v) is 11.3. The molecule has 2 aromatic carbocycles. The number of urea groups is 1. The van der Waals surface area contributed by atoms with Gasteiger partial charge in [-0.05, 0) is 48.7 Å². The summed E-state index contributed by atoms with van der Waals surface area (Å²) in [6.45, 7) is 1.04. The molecule has 0 saturated heterocycles.